The van der Waals surface area contributed by atoms with Gasteiger partial charge in [-0.2, -0.15) is 0 Å². The van der Waals surface area contributed by atoms with Crippen LogP contribution in [-0.2, 0) is 4.79 Å². The van der Waals surface area contributed by atoms with E-state index in [1.807, 2.05) is 0 Å². The molecule has 1 unspecified atom stereocenters. The van der Waals surface area contributed by atoms with Crippen molar-refractivity contribution in [2.45, 2.75) is 18.3 Å². The zero-order valence-corrected chi connectivity index (χ0v) is 10.1. The molecule has 1 aromatic rings. The molecule has 0 bridgehead atoms. The van der Waals surface area contributed by atoms with Crippen molar-refractivity contribution in [1.82, 2.24) is 5.32 Å². The molecule has 1 aromatic carbocycles. The summed E-state index contributed by atoms with van der Waals surface area (Å²) in [5, 5.41) is 11.8. The number of aliphatic hydroxyl groups is 1. The number of nitrogens with one attached hydrogen (secondary N) is 1. The fourth-order valence-corrected chi connectivity index (χ4v) is 1.56. The van der Waals surface area contributed by atoms with Crippen molar-refractivity contribution in [3.8, 4) is 0 Å². The minimum atomic E-state index is -0.566. The molecule has 0 aliphatic carbocycles. The van der Waals surface area contributed by atoms with Gasteiger partial charge in [-0.05, 0) is 24.1 Å². The number of aliphatic hydroxyl groups excluding tert-OH is 1. The van der Waals surface area contributed by atoms with E-state index in [1.165, 1.54) is 0 Å². The van der Waals surface area contributed by atoms with Crippen molar-refractivity contribution in [3.63, 3.8) is 0 Å². The highest BCUT2D eigenvalue weighted by atomic mass is 35.5. The van der Waals surface area contributed by atoms with Crippen LogP contribution < -0.4 is 5.32 Å². The topological polar surface area (TPSA) is 49.3 Å². The molecule has 16 heavy (non-hydrogen) atoms. The smallest absolute Gasteiger partial charge is 0.221 e. The van der Waals surface area contributed by atoms with Gasteiger partial charge < -0.3 is 10.4 Å². The largest absolute Gasteiger partial charge is 0.396 e. The van der Waals surface area contributed by atoms with Crippen molar-refractivity contribution in [2.24, 2.45) is 0 Å². The second-order valence-electron chi connectivity index (χ2n) is 3.31. The number of halogens is 2. The number of carbonyl (C=O) groups excluding carboxylic acids is 1. The van der Waals surface area contributed by atoms with Crippen LogP contribution in [0.1, 0.15) is 23.9 Å². The molecule has 0 saturated heterocycles. The first-order valence-electron chi connectivity index (χ1n) is 4.93. The van der Waals surface area contributed by atoms with E-state index in [0.717, 1.165) is 5.56 Å². The number of rotatable bonds is 5. The molecule has 0 spiro atoms. The SMILES string of the molecule is O=C(CCCO)NC(Cl)c1ccc(Cl)cc1. The second-order valence-corrected chi connectivity index (χ2v) is 4.18. The van der Waals surface area contributed by atoms with Gasteiger partial charge in [0.05, 0.1) is 0 Å². The third kappa shape index (κ3) is 4.39. The van der Waals surface area contributed by atoms with E-state index in [2.05, 4.69) is 5.32 Å². The van der Waals surface area contributed by atoms with Crippen LogP contribution >= 0.6 is 23.2 Å². The lowest BCUT2D eigenvalue weighted by atomic mass is 10.2. The zero-order chi connectivity index (χ0) is 12.0. The summed E-state index contributed by atoms with van der Waals surface area (Å²) < 4.78 is 0. The average molecular weight is 262 g/mol. The molecule has 1 rings (SSSR count). The molecule has 5 heteroatoms. The summed E-state index contributed by atoms with van der Waals surface area (Å²) in [5.41, 5.74) is 0.215. The van der Waals surface area contributed by atoms with Gasteiger partial charge in [0, 0.05) is 18.1 Å². The van der Waals surface area contributed by atoms with Gasteiger partial charge in [-0.3, -0.25) is 4.79 Å². The Balaban J connectivity index is 2.48. The average Bonchev–Trinajstić information content (AvgIpc) is 2.27. The van der Waals surface area contributed by atoms with Crippen LogP contribution in [0.15, 0.2) is 24.3 Å². The van der Waals surface area contributed by atoms with Crippen molar-refractivity contribution in [3.05, 3.63) is 34.9 Å². The Morgan fingerprint density at radius 3 is 2.56 bits per heavy atom. The first-order valence-corrected chi connectivity index (χ1v) is 5.74. The van der Waals surface area contributed by atoms with Gasteiger partial charge in [-0.25, -0.2) is 0 Å². The molecule has 1 atom stereocenters. The number of hydrogen-bond donors (Lipinski definition) is 2. The highest BCUT2D eigenvalue weighted by Gasteiger charge is 2.10. The zero-order valence-electron chi connectivity index (χ0n) is 8.62. The van der Waals surface area contributed by atoms with Gasteiger partial charge in [0.25, 0.3) is 0 Å². The highest BCUT2D eigenvalue weighted by Crippen LogP contribution is 2.19. The molecule has 0 heterocycles. The standard InChI is InChI=1S/C11H13Cl2NO2/c12-9-5-3-8(4-6-9)11(13)14-10(16)2-1-7-15/h3-6,11,15H,1-2,7H2,(H,14,16). The number of benzene rings is 1. The molecule has 0 radical (unpaired) electrons. The predicted molar refractivity (Wildman–Crippen MR) is 64.5 cm³/mol. The Bertz CT molecular complexity index is 340. The molecule has 0 fully saturated rings. The first-order chi connectivity index (χ1) is 7.63. The Kier molecular flexibility index (Phi) is 5.60. The molecule has 1 amide bonds. The van der Waals surface area contributed by atoms with Crippen LogP contribution in [0, 0.1) is 0 Å². The van der Waals surface area contributed by atoms with Gasteiger partial charge in [-0.1, -0.05) is 35.3 Å². The maximum absolute atomic E-state index is 11.3. The molecule has 0 aliphatic rings. The van der Waals surface area contributed by atoms with E-state index >= 15 is 0 Å². The van der Waals surface area contributed by atoms with Gasteiger partial charge in [0.2, 0.25) is 5.91 Å². The van der Waals surface area contributed by atoms with Crippen LogP contribution in [-0.4, -0.2) is 17.6 Å². The summed E-state index contributed by atoms with van der Waals surface area (Å²) in [5.74, 6) is -0.177. The Morgan fingerprint density at radius 1 is 1.38 bits per heavy atom. The molecule has 3 nitrogen and oxygen atoms in total. The number of alkyl halides is 1. The first kappa shape index (κ1) is 13.3. The Labute approximate surface area is 104 Å². The summed E-state index contributed by atoms with van der Waals surface area (Å²) in [6.45, 7) is 0.00131. The van der Waals surface area contributed by atoms with Gasteiger partial charge in [0.1, 0.15) is 5.50 Å². The molecule has 0 aliphatic heterocycles. The monoisotopic (exact) mass is 261 g/mol. The summed E-state index contributed by atoms with van der Waals surface area (Å²) >= 11 is 11.7. The van der Waals surface area contributed by atoms with E-state index in [4.69, 9.17) is 28.3 Å². The minimum absolute atomic E-state index is 0.00131. The van der Waals surface area contributed by atoms with E-state index in [1.54, 1.807) is 24.3 Å². The van der Waals surface area contributed by atoms with Crippen LogP contribution in [0.3, 0.4) is 0 Å². The third-order valence-electron chi connectivity index (χ3n) is 2.01. The van der Waals surface area contributed by atoms with E-state index in [9.17, 15) is 4.79 Å². The van der Waals surface area contributed by atoms with Crippen molar-refractivity contribution in [2.75, 3.05) is 6.61 Å². The fraction of sp³-hybridized carbons (Fsp3) is 0.364. The number of hydrogen-bond acceptors (Lipinski definition) is 2. The van der Waals surface area contributed by atoms with Crippen molar-refractivity contribution < 1.29 is 9.90 Å². The molecule has 88 valence electrons. The van der Waals surface area contributed by atoms with Crippen molar-refractivity contribution in [1.29, 1.82) is 0 Å². The Hall–Kier alpha value is -0.770. The van der Waals surface area contributed by atoms with Gasteiger partial charge in [-0.15, -0.1) is 0 Å². The normalized spacial score (nSPS) is 12.2. The molecular weight excluding hydrogens is 249 g/mol. The predicted octanol–water partition coefficient (Wildman–Crippen LogP) is 2.47. The third-order valence-corrected chi connectivity index (χ3v) is 2.63. The quantitative estimate of drug-likeness (QED) is 0.632. The lowest BCUT2D eigenvalue weighted by Crippen LogP contribution is -2.25. The molecule has 0 saturated carbocycles. The fourth-order valence-electron chi connectivity index (χ4n) is 1.17. The van der Waals surface area contributed by atoms with Crippen LogP contribution in [0.4, 0.5) is 0 Å². The Morgan fingerprint density at radius 2 is 2.00 bits per heavy atom. The van der Waals surface area contributed by atoms with Crippen LogP contribution in [0.5, 0.6) is 0 Å². The summed E-state index contributed by atoms with van der Waals surface area (Å²) in [6.07, 6.45) is 0.712. The second kappa shape index (κ2) is 6.74. The molecule has 0 aromatic heterocycles. The maximum Gasteiger partial charge on any atom is 0.221 e. The van der Waals surface area contributed by atoms with E-state index in [-0.39, 0.29) is 18.9 Å². The highest BCUT2D eigenvalue weighted by molar-refractivity contribution is 6.30. The van der Waals surface area contributed by atoms with E-state index in [0.29, 0.717) is 11.4 Å². The van der Waals surface area contributed by atoms with E-state index < -0.39 is 5.50 Å². The summed E-state index contributed by atoms with van der Waals surface area (Å²) in [7, 11) is 0. The minimum Gasteiger partial charge on any atom is -0.396 e. The summed E-state index contributed by atoms with van der Waals surface area (Å²) in [6, 6.07) is 6.94. The van der Waals surface area contributed by atoms with Crippen LogP contribution in [0.25, 0.3) is 0 Å². The maximum atomic E-state index is 11.3. The van der Waals surface area contributed by atoms with Gasteiger partial charge >= 0.3 is 0 Å². The van der Waals surface area contributed by atoms with Crippen LogP contribution in [0.2, 0.25) is 5.02 Å². The number of carbonyl (C=O) groups is 1. The summed E-state index contributed by atoms with van der Waals surface area (Å²) in [4.78, 5) is 11.3. The lowest BCUT2D eigenvalue weighted by molar-refractivity contribution is -0.121. The molecule has 2 N–H and O–H groups in total. The lowest BCUT2D eigenvalue weighted by Gasteiger charge is -2.12. The van der Waals surface area contributed by atoms with Crippen molar-refractivity contribution >= 4 is 29.1 Å². The van der Waals surface area contributed by atoms with Gasteiger partial charge in [0.15, 0.2) is 0 Å². The number of amides is 1. The molecular formula is C11H13Cl2NO2.